The summed E-state index contributed by atoms with van der Waals surface area (Å²) in [4.78, 5) is 31.9. The topological polar surface area (TPSA) is 122 Å². The fraction of sp³-hybridized carbons (Fsp3) is 0.370. The lowest BCUT2D eigenvalue weighted by molar-refractivity contribution is -0.126. The largest absolute Gasteiger partial charge is 0.456 e. The Bertz CT molecular complexity index is 1680. The van der Waals surface area contributed by atoms with Gasteiger partial charge in [-0.15, -0.1) is 0 Å². The predicted octanol–water partition coefficient (Wildman–Crippen LogP) is 3.68. The number of hydrogen-bond acceptors (Lipinski definition) is 10. The summed E-state index contributed by atoms with van der Waals surface area (Å²) in [7, 11) is 3.61. The summed E-state index contributed by atoms with van der Waals surface area (Å²) in [6.45, 7) is 6.78. The number of aromatic nitrogens is 5. The number of piperazine rings is 1. The molecule has 1 aromatic carbocycles. The highest BCUT2D eigenvalue weighted by Crippen LogP contribution is 2.41. The second-order valence-corrected chi connectivity index (χ2v) is 10.8. The van der Waals surface area contributed by atoms with Crippen molar-refractivity contribution in [2.75, 3.05) is 58.3 Å². The Balaban J connectivity index is 1.46. The van der Waals surface area contributed by atoms with Gasteiger partial charge in [0.05, 0.1) is 22.5 Å². The first kappa shape index (κ1) is 28.3. The lowest BCUT2D eigenvalue weighted by atomic mass is 10.2. The van der Waals surface area contributed by atoms with Gasteiger partial charge in [0.25, 0.3) is 0 Å². The maximum Gasteiger partial charge on any atom is 0.319 e. The van der Waals surface area contributed by atoms with Gasteiger partial charge in [-0.05, 0) is 19.2 Å². The summed E-state index contributed by atoms with van der Waals surface area (Å²) in [6.07, 6.45) is 2.25. The summed E-state index contributed by atoms with van der Waals surface area (Å²) in [6, 6.07) is 2.94. The van der Waals surface area contributed by atoms with E-state index in [0.717, 1.165) is 0 Å². The number of nitrogens with one attached hydrogen (secondary N) is 1. The van der Waals surface area contributed by atoms with Crippen LogP contribution in [0.15, 0.2) is 31.0 Å². The van der Waals surface area contributed by atoms with E-state index >= 15 is 0 Å². The molecule has 0 bridgehead atoms. The molecule has 0 saturated carbocycles. The zero-order valence-electron chi connectivity index (χ0n) is 22.8. The van der Waals surface area contributed by atoms with E-state index in [2.05, 4.69) is 31.6 Å². The highest BCUT2D eigenvalue weighted by atomic mass is 35.5. The minimum atomic E-state index is -0.697. The Labute approximate surface area is 250 Å². The maximum atomic E-state index is 14.7. The Morgan fingerprint density at radius 1 is 1.12 bits per heavy atom. The number of pyridine rings is 1. The number of methoxy groups -OCH3 is 1. The number of likely N-dealkylation sites (N-methyl/N-ethyl adjacent to an activating group) is 1. The van der Waals surface area contributed by atoms with E-state index in [1.54, 1.807) is 18.1 Å². The molecule has 1 amide bonds. The SMILES string of the molecule is C=CC(=O)N1CCN(c2nc(OC3CN(C)C[C@H]3OC)nc3c(Oc4c(Cl)c(F)cc5[nH]ncc45)nc(Cl)cc23)CC1. The molecule has 0 aliphatic carbocycles. The van der Waals surface area contributed by atoms with Crippen LogP contribution in [-0.4, -0.2) is 106 Å². The van der Waals surface area contributed by atoms with Crippen LogP contribution in [-0.2, 0) is 9.53 Å². The molecule has 1 unspecified atom stereocenters. The molecular weight excluding hydrogens is 590 g/mol. The van der Waals surface area contributed by atoms with Crippen LogP contribution >= 0.6 is 23.2 Å². The molecule has 2 fully saturated rings. The molecule has 2 saturated heterocycles. The van der Waals surface area contributed by atoms with Crippen molar-refractivity contribution in [3.05, 3.63) is 47.0 Å². The van der Waals surface area contributed by atoms with E-state index in [1.807, 2.05) is 11.9 Å². The Kier molecular flexibility index (Phi) is 7.75. The summed E-state index contributed by atoms with van der Waals surface area (Å²) in [5, 5.41) is 7.53. The average molecular weight is 617 g/mol. The van der Waals surface area contributed by atoms with Gasteiger partial charge in [0.2, 0.25) is 11.8 Å². The molecule has 220 valence electrons. The van der Waals surface area contributed by atoms with E-state index in [4.69, 9.17) is 42.4 Å². The third kappa shape index (κ3) is 5.28. The van der Waals surface area contributed by atoms with Crippen LogP contribution in [0, 0.1) is 5.82 Å². The monoisotopic (exact) mass is 616 g/mol. The van der Waals surface area contributed by atoms with Crippen molar-refractivity contribution in [1.29, 1.82) is 0 Å². The predicted molar refractivity (Wildman–Crippen MR) is 155 cm³/mol. The first-order chi connectivity index (χ1) is 20.2. The number of ether oxygens (including phenoxy) is 3. The fourth-order valence-electron chi connectivity index (χ4n) is 5.27. The molecule has 0 spiro atoms. The molecule has 6 rings (SSSR count). The smallest absolute Gasteiger partial charge is 0.319 e. The van der Waals surface area contributed by atoms with Crippen molar-refractivity contribution in [2.45, 2.75) is 12.2 Å². The van der Waals surface area contributed by atoms with Crippen LogP contribution < -0.4 is 14.4 Å². The number of nitrogens with zero attached hydrogens (tertiary/aromatic N) is 7. The van der Waals surface area contributed by atoms with Gasteiger partial charge in [0.1, 0.15) is 39.5 Å². The second-order valence-electron chi connectivity index (χ2n) is 10.1. The first-order valence-corrected chi connectivity index (χ1v) is 13.9. The fourth-order valence-corrected chi connectivity index (χ4v) is 5.65. The van der Waals surface area contributed by atoms with Crippen LogP contribution in [0.25, 0.3) is 21.8 Å². The summed E-state index contributed by atoms with van der Waals surface area (Å²) < 4.78 is 32.8. The van der Waals surface area contributed by atoms with Gasteiger partial charge >= 0.3 is 6.01 Å². The van der Waals surface area contributed by atoms with E-state index in [-0.39, 0.29) is 51.4 Å². The van der Waals surface area contributed by atoms with Gasteiger partial charge in [-0.25, -0.2) is 4.39 Å². The summed E-state index contributed by atoms with van der Waals surface area (Å²) in [5.41, 5.74) is 0.668. The average Bonchev–Trinajstić information content (AvgIpc) is 3.60. The molecule has 1 N–H and O–H groups in total. The number of carbonyl (C=O) groups is 1. The molecule has 42 heavy (non-hydrogen) atoms. The number of H-pyrrole nitrogens is 1. The van der Waals surface area contributed by atoms with Crippen LogP contribution in [0.2, 0.25) is 10.2 Å². The van der Waals surface area contributed by atoms with Crippen molar-refractivity contribution in [3.63, 3.8) is 0 Å². The minimum Gasteiger partial charge on any atom is -0.456 e. The molecule has 2 atom stereocenters. The lowest BCUT2D eigenvalue weighted by Crippen LogP contribution is -2.48. The molecule has 5 heterocycles. The first-order valence-electron chi connectivity index (χ1n) is 13.2. The zero-order chi connectivity index (χ0) is 29.5. The number of amides is 1. The number of aromatic amines is 1. The highest BCUT2D eigenvalue weighted by Gasteiger charge is 2.34. The van der Waals surface area contributed by atoms with E-state index < -0.39 is 5.82 Å². The summed E-state index contributed by atoms with van der Waals surface area (Å²) >= 11 is 12.8. The normalized spacial score (nSPS) is 19.5. The van der Waals surface area contributed by atoms with Crippen molar-refractivity contribution in [2.24, 2.45) is 0 Å². The van der Waals surface area contributed by atoms with E-state index in [9.17, 15) is 9.18 Å². The lowest BCUT2D eigenvalue weighted by Gasteiger charge is -2.35. The van der Waals surface area contributed by atoms with Gasteiger partial charge < -0.3 is 24.0 Å². The molecular formula is C27H27Cl2FN8O4. The molecule has 2 aliphatic rings. The standard InChI is InChI=1S/C27H27Cl2FN8O4/c1-4-21(39)37-5-7-38(8-6-37)25-14-9-20(28)32-26(42-24-15-11-31-35-17(15)10-16(30)22(24)29)23(14)33-27(34-25)41-19-13-36(2)12-18(19)40-3/h4,9-11,18-19H,1,5-8,12-13H2,2-3H3,(H,31,35)/t18-,19?/m1/s1. The second kappa shape index (κ2) is 11.5. The third-order valence-corrected chi connectivity index (χ3v) is 7.94. The number of carbonyl (C=O) groups excluding carboxylic acids is 1. The van der Waals surface area contributed by atoms with Crippen LogP contribution in [0.5, 0.6) is 17.6 Å². The van der Waals surface area contributed by atoms with Crippen molar-refractivity contribution in [1.82, 2.24) is 34.9 Å². The Morgan fingerprint density at radius 3 is 2.62 bits per heavy atom. The minimum absolute atomic E-state index is 0.00697. The quantitative estimate of drug-likeness (QED) is 0.243. The van der Waals surface area contributed by atoms with Crippen LogP contribution in [0.1, 0.15) is 0 Å². The number of hydrogen-bond donors (Lipinski definition) is 1. The van der Waals surface area contributed by atoms with Crippen LogP contribution in [0.4, 0.5) is 10.2 Å². The molecule has 12 nitrogen and oxygen atoms in total. The van der Waals surface area contributed by atoms with Crippen LogP contribution in [0.3, 0.4) is 0 Å². The number of likely N-dealkylation sites (tertiary alicyclic amines) is 1. The molecule has 15 heteroatoms. The number of anilines is 1. The van der Waals surface area contributed by atoms with Gasteiger partial charge in [0, 0.05) is 52.4 Å². The van der Waals surface area contributed by atoms with Crippen molar-refractivity contribution < 1.29 is 23.4 Å². The number of benzene rings is 1. The molecule has 3 aromatic heterocycles. The van der Waals surface area contributed by atoms with Crippen molar-refractivity contribution in [3.8, 4) is 17.6 Å². The van der Waals surface area contributed by atoms with Crippen molar-refractivity contribution >= 4 is 56.7 Å². The van der Waals surface area contributed by atoms with E-state index in [0.29, 0.717) is 61.4 Å². The van der Waals surface area contributed by atoms with Gasteiger partial charge in [0.15, 0.2) is 5.75 Å². The van der Waals surface area contributed by atoms with Gasteiger partial charge in [-0.3, -0.25) is 14.8 Å². The summed E-state index contributed by atoms with van der Waals surface area (Å²) in [5.74, 6) is -0.325. The maximum absolute atomic E-state index is 14.7. The number of halogens is 3. The van der Waals surface area contributed by atoms with Gasteiger partial charge in [-0.1, -0.05) is 29.8 Å². The highest BCUT2D eigenvalue weighted by molar-refractivity contribution is 6.33. The Morgan fingerprint density at radius 2 is 1.88 bits per heavy atom. The third-order valence-electron chi connectivity index (χ3n) is 7.39. The zero-order valence-corrected chi connectivity index (χ0v) is 24.3. The molecule has 2 aliphatic heterocycles. The molecule has 0 radical (unpaired) electrons. The van der Waals surface area contributed by atoms with Gasteiger partial charge in [-0.2, -0.15) is 20.1 Å². The number of rotatable bonds is 7. The number of fused-ring (bicyclic) bond motifs is 2. The Hall–Kier alpha value is -3.78. The van der Waals surface area contributed by atoms with E-state index in [1.165, 1.54) is 18.3 Å². The molecule has 4 aromatic rings.